The Labute approximate surface area is 248 Å². The molecule has 2 N–H and O–H groups in total. The minimum atomic E-state index is -3.53. The van der Waals surface area contributed by atoms with Crippen LogP contribution in [0.3, 0.4) is 0 Å². The van der Waals surface area contributed by atoms with Crippen molar-refractivity contribution in [1.82, 2.24) is 14.9 Å². The summed E-state index contributed by atoms with van der Waals surface area (Å²) < 4.78 is 33.5. The first kappa shape index (κ1) is 29.9. The van der Waals surface area contributed by atoms with Gasteiger partial charge in [0.2, 0.25) is 21.8 Å². The first-order valence-corrected chi connectivity index (χ1v) is 16.2. The van der Waals surface area contributed by atoms with E-state index in [0.717, 1.165) is 42.4 Å². The summed E-state index contributed by atoms with van der Waals surface area (Å²) in [5.41, 5.74) is 2.77. The molecule has 5 rings (SSSR count). The molecule has 222 valence electrons. The van der Waals surface area contributed by atoms with E-state index in [1.165, 1.54) is 0 Å². The minimum Gasteiger partial charge on any atom is -0.376 e. The van der Waals surface area contributed by atoms with Gasteiger partial charge in [0.05, 0.1) is 11.0 Å². The number of sulfonamides is 1. The third-order valence-corrected chi connectivity index (χ3v) is 9.29. The number of benzene rings is 3. The van der Waals surface area contributed by atoms with Gasteiger partial charge in [-0.25, -0.2) is 13.1 Å². The molecule has 2 fully saturated rings. The maximum Gasteiger partial charge on any atom is 0.243 e. The molecule has 0 unspecified atom stereocenters. The van der Waals surface area contributed by atoms with Gasteiger partial charge >= 0.3 is 0 Å². The van der Waals surface area contributed by atoms with Gasteiger partial charge in [-0.05, 0) is 60.9 Å². The average Bonchev–Trinajstić information content (AvgIpc) is 3.65. The van der Waals surface area contributed by atoms with Gasteiger partial charge in [0, 0.05) is 38.6 Å². The fourth-order valence-corrected chi connectivity index (χ4v) is 6.50. The number of hydrogen-bond acceptors (Lipinski definition) is 5. The second kappa shape index (κ2) is 14.1. The monoisotopic (exact) mass is 589 g/mol. The molecule has 0 aromatic heterocycles. The molecule has 1 heterocycles. The molecular weight excluding hydrogens is 550 g/mol. The van der Waals surface area contributed by atoms with Crippen LogP contribution in [0.25, 0.3) is 0 Å². The first-order valence-electron chi connectivity index (χ1n) is 14.8. The molecule has 1 aliphatic heterocycles. The Kier molecular flexibility index (Phi) is 10.0. The predicted octanol–water partition coefficient (Wildman–Crippen LogP) is 4.00. The van der Waals surface area contributed by atoms with Crippen molar-refractivity contribution in [2.75, 3.05) is 13.2 Å². The lowest BCUT2D eigenvalue weighted by Crippen LogP contribution is -2.51. The van der Waals surface area contributed by atoms with Crippen LogP contribution in [0.1, 0.15) is 48.8 Å². The normalized spacial score (nSPS) is 17.5. The molecule has 1 aliphatic carbocycles. The van der Waals surface area contributed by atoms with E-state index in [1.807, 2.05) is 60.7 Å². The van der Waals surface area contributed by atoms with Crippen LogP contribution >= 0.6 is 0 Å². The highest BCUT2D eigenvalue weighted by atomic mass is 32.2. The quantitative estimate of drug-likeness (QED) is 0.296. The summed E-state index contributed by atoms with van der Waals surface area (Å²) in [6.45, 7) is 1.42. The highest BCUT2D eigenvalue weighted by Gasteiger charge is 2.31. The van der Waals surface area contributed by atoms with Crippen LogP contribution < -0.4 is 10.0 Å². The van der Waals surface area contributed by atoms with Gasteiger partial charge < -0.3 is 15.0 Å². The van der Waals surface area contributed by atoms with Crippen LogP contribution in [0.2, 0.25) is 0 Å². The zero-order chi connectivity index (χ0) is 29.4. The van der Waals surface area contributed by atoms with Crippen LogP contribution in [0.5, 0.6) is 0 Å². The molecule has 0 bridgehead atoms. The molecule has 42 heavy (non-hydrogen) atoms. The standard InChI is InChI=1S/C33H39N3O5S/c37-32(20-15-25-13-18-30(19-14-25)42(39,40)35-28-16-17-28)36(24-27-10-5-2-6-11-27)31(22-26-8-3-1-4-9-26)33(38)34-23-29-12-7-21-41-29/h1-6,8-11,13-14,18-19,28-29,31,35H,7,12,15-17,20-24H2,(H,34,38)/t29-,31+/m1/s1. The van der Waals surface area contributed by atoms with Crippen molar-refractivity contribution >= 4 is 21.8 Å². The Bertz CT molecular complexity index is 1420. The van der Waals surface area contributed by atoms with E-state index in [1.54, 1.807) is 29.2 Å². The molecule has 3 aromatic rings. The number of carbonyl (C=O) groups excluding carboxylic acids is 2. The Morgan fingerprint density at radius 3 is 2.14 bits per heavy atom. The van der Waals surface area contributed by atoms with Gasteiger partial charge in [-0.3, -0.25) is 9.59 Å². The number of ether oxygens (including phenoxy) is 1. The molecule has 3 aromatic carbocycles. The topological polar surface area (TPSA) is 105 Å². The van der Waals surface area contributed by atoms with E-state index in [-0.39, 0.29) is 35.3 Å². The summed E-state index contributed by atoms with van der Waals surface area (Å²) in [5, 5.41) is 3.06. The fraction of sp³-hybridized carbons (Fsp3) is 0.394. The van der Waals surface area contributed by atoms with E-state index in [9.17, 15) is 18.0 Å². The maximum absolute atomic E-state index is 13.9. The lowest BCUT2D eigenvalue weighted by Gasteiger charge is -2.32. The van der Waals surface area contributed by atoms with Crippen molar-refractivity contribution in [2.45, 2.75) is 74.6 Å². The van der Waals surface area contributed by atoms with Gasteiger partial charge in [-0.2, -0.15) is 0 Å². The Morgan fingerprint density at radius 2 is 1.52 bits per heavy atom. The highest BCUT2D eigenvalue weighted by molar-refractivity contribution is 7.89. The largest absolute Gasteiger partial charge is 0.376 e. The Morgan fingerprint density at radius 1 is 0.857 bits per heavy atom. The third kappa shape index (κ3) is 8.50. The van der Waals surface area contributed by atoms with E-state index >= 15 is 0 Å². The van der Waals surface area contributed by atoms with Crippen molar-refractivity contribution in [3.05, 3.63) is 102 Å². The second-order valence-corrected chi connectivity index (χ2v) is 12.8. The van der Waals surface area contributed by atoms with Gasteiger partial charge in [-0.15, -0.1) is 0 Å². The summed E-state index contributed by atoms with van der Waals surface area (Å²) >= 11 is 0. The molecular formula is C33H39N3O5S. The third-order valence-electron chi connectivity index (χ3n) is 7.76. The lowest BCUT2D eigenvalue weighted by atomic mass is 10.0. The number of rotatable bonds is 14. The van der Waals surface area contributed by atoms with Crippen LogP contribution in [-0.2, 0) is 43.7 Å². The zero-order valence-corrected chi connectivity index (χ0v) is 24.6. The van der Waals surface area contributed by atoms with Crippen molar-refractivity contribution in [3.8, 4) is 0 Å². The lowest BCUT2D eigenvalue weighted by molar-refractivity contribution is -0.141. The number of amides is 2. The summed E-state index contributed by atoms with van der Waals surface area (Å²) in [5.74, 6) is -0.337. The van der Waals surface area contributed by atoms with Crippen LogP contribution in [0, 0.1) is 0 Å². The molecule has 8 nitrogen and oxygen atoms in total. The van der Waals surface area contributed by atoms with E-state index in [0.29, 0.717) is 32.5 Å². The molecule has 2 atom stereocenters. The molecule has 1 saturated heterocycles. The van der Waals surface area contributed by atoms with Crippen LogP contribution in [-0.4, -0.2) is 56.5 Å². The predicted molar refractivity (Wildman–Crippen MR) is 161 cm³/mol. The molecule has 9 heteroatoms. The van der Waals surface area contributed by atoms with Crippen molar-refractivity contribution in [2.24, 2.45) is 0 Å². The molecule has 2 amide bonds. The smallest absolute Gasteiger partial charge is 0.243 e. The number of nitrogens with one attached hydrogen (secondary N) is 2. The van der Waals surface area contributed by atoms with Crippen molar-refractivity contribution in [3.63, 3.8) is 0 Å². The SMILES string of the molecule is O=C(NC[C@H]1CCCO1)[C@H](Cc1ccccc1)N(Cc1ccccc1)C(=O)CCc1ccc(S(=O)(=O)NC2CC2)cc1. The summed E-state index contributed by atoms with van der Waals surface area (Å²) in [4.78, 5) is 29.5. The maximum atomic E-state index is 13.9. The van der Waals surface area contributed by atoms with E-state index < -0.39 is 16.1 Å². The van der Waals surface area contributed by atoms with Gasteiger partial charge in [0.15, 0.2) is 0 Å². The molecule has 0 spiro atoms. The van der Waals surface area contributed by atoms with Crippen LogP contribution in [0.15, 0.2) is 89.8 Å². The number of nitrogens with zero attached hydrogens (tertiary/aromatic N) is 1. The summed E-state index contributed by atoms with van der Waals surface area (Å²) in [6, 6.07) is 25.5. The highest BCUT2D eigenvalue weighted by Crippen LogP contribution is 2.23. The number of carbonyl (C=O) groups is 2. The molecule has 1 saturated carbocycles. The van der Waals surface area contributed by atoms with Crippen LogP contribution in [0.4, 0.5) is 0 Å². The minimum absolute atomic E-state index is 0.00383. The van der Waals surface area contributed by atoms with Crippen molar-refractivity contribution < 1.29 is 22.7 Å². The second-order valence-electron chi connectivity index (χ2n) is 11.1. The Hall–Kier alpha value is -3.53. The zero-order valence-electron chi connectivity index (χ0n) is 23.8. The van der Waals surface area contributed by atoms with Gasteiger partial charge in [0.1, 0.15) is 6.04 Å². The van der Waals surface area contributed by atoms with E-state index in [2.05, 4.69) is 10.0 Å². The van der Waals surface area contributed by atoms with Gasteiger partial charge in [0.25, 0.3) is 0 Å². The fourth-order valence-electron chi connectivity index (χ4n) is 5.19. The Balaban J connectivity index is 1.32. The number of hydrogen-bond donors (Lipinski definition) is 2. The van der Waals surface area contributed by atoms with Gasteiger partial charge in [-0.1, -0.05) is 72.8 Å². The summed E-state index contributed by atoms with van der Waals surface area (Å²) in [7, 11) is -3.53. The summed E-state index contributed by atoms with van der Waals surface area (Å²) in [6.07, 6.45) is 4.63. The first-order chi connectivity index (χ1) is 20.4. The van der Waals surface area contributed by atoms with E-state index in [4.69, 9.17) is 4.74 Å². The molecule has 2 aliphatic rings. The number of aryl methyl sites for hydroxylation is 1. The van der Waals surface area contributed by atoms with Crippen molar-refractivity contribution in [1.29, 1.82) is 0 Å². The average molecular weight is 590 g/mol. The molecule has 0 radical (unpaired) electrons.